The summed E-state index contributed by atoms with van der Waals surface area (Å²) >= 11 is 3.13. The van der Waals surface area contributed by atoms with Crippen LogP contribution in [0, 0.1) is 0 Å². The summed E-state index contributed by atoms with van der Waals surface area (Å²) in [7, 11) is 0. The zero-order valence-electron chi connectivity index (χ0n) is 8.54. The molecule has 3 nitrogen and oxygen atoms in total. The van der Waals surface area contributed by atoms with Crippen LogP contribution in [0.1, 0.15) is 22.5 Å². The Labute approximate surface area is 101 Å². The second-order valence-electron chi connectivity index (χ2n) is 4.25. The van der Waals surface area contributed by atoms with E-state index in [0.29, 0.717) is 0 Å². The average molecular weight is 250 g/mol. The van der Waals surface area contributed by atoms with E-state index in [4.69, 9.17) is 10.2 Å². The van der Waals surface area contributed by atoms with Gasteiger partial charge in [0.05, 0.1) is 4.21 Å². The Hall–Kier alpha value is -0.620. The smallest absolute Gasteiger partial charge is 0.0817 e. The van der Waals surface area contributed by atoms with E-state index in [1.807, 2.05) is 0 Å². The van der Waals surface area contributed by atoms with Crippen molar-refractivity contribution in [1.82, 2.24) is 9.87 Å². The third kappa shape index (κ3) is 1.04. The molecule has 0 unspecified atom stereocenters. The first kappa shape index (κ1) is 9.41. The monoisotopic (exact) mass is 250 g/mol. The van der Waals surface area contributed by atoms with Crippen molar-refractivity contribution >= 4 is 33.4 Å². The number of hydrogen-bond acceptors (Lipinski definition) is 5. The Balaban J connectivity index is 2.07. The number of thiophene rings is 1. The molecule has 2 N–H and O–H groups in total. The second kappa shape index (κ2) is 3.20. The highest BCUT2D eigenvalue weighted by Crippen LogP contribution is 2.46. The van der Waals surface area contributed by atoms with Crippen LogP contribution in [-0.2, 0) is 25.7 Å². The van der Waals surface area contributed by atoms with Crippen molar-refractivity contribution in [1.29, 1.82) is 0 Å². The van der Waals surface area contributed by atoms with Crippen molar-refractivity contribution in [2.24, 2.45) is 0 Å². The summed E-state index contributed by atoms with van der Waals surface area (Å²) in [6.07, 6.45) is 4.47. The fraction of sp³-hybridized carbons (Fsp3) is 0.364. The van der Waals surface area contributed by atoms with Gasteiger partial charge in [0.25, 0.3) is 0 Å². The molecule has 0 spiro atoms. The zero-order valence-corrected chi connectivity index (χ0v) is 10.2. The Bertz CT molecular complexity index is 606. The quantitative estimate of drug-likeness (QED) is 0.635. The fourth-order valence-corrected chi connectivity index (χ4v) is 4.82. The second-order valence-corrected chi connectivity index (χ2v) is 6.32. The summed E-state index contributed by atoms with van der Waals surface area (Å²) in [4.78, 5) is 6.95. The van der Waals surface area contributed by atoms with Crippen LogP contribution in [0.2, 0.25) is 0 Å². The molecule has 16 heavy (non-hydrogen) atoms. The van der Waals surface area contributed by atoms with Gasteiger partial charge in [-0.25, -0.2) is 0 Å². The van der Waals surface area contributed by atoms with Crippen molar-refractivity contribution < 1.29 is 5.21 Å². The largest absolute Gasteiger partial charge is 0.306 e. The lowest BCUT2D eigenvalue weighted by atomic mass is 9.92. The van der Waals surface area contributed by atoms with Gasteiger partial charge in [0, 0.05) is 21.5 Å². The molecular formula is C11H10N2OS2. The molecule has 2 aromatic rings. The van der Waals surface area contributed by atoms with Crippen LogP contribution in [0.4, 0.5) is 0 Å². The number of rotatable bonds is 2. The molecule has 0 aromatic carbocycles. The summed E-state index contributed by atoms with van der Waals surface area (Å²) in [5.74, 6) is 0. The van der Waals surface area contributed by atoms with Crippen LogP contribution in [-0.4, -0.2) is 10.2 Å². The Morgan fingerprint density at radius 2 is 1.94 bits per heavy atom. The summed E-state index contributed by atoms with van der Waals surface area (Å²) in [6, 6.07) is 0. The number of pyridine rings is 1. The predicted octanol–water partition coefficient (Wildman–Crippen LogP) is 2.48. The van der Waals surface area contributed by atoms with E-state index in [2.05, 4.69) is 4.89 Å². The number of nitrogens with one attached hydrogen (secondary N) is 1. The number of fused-ring (bicyclic) bond motifs is 2. The first-order valence-corrected chi connectivity index (χ1v) is 7.03. The minimum absolute atomic E-state index is 1.07. The van der Waals surface area contributed by atoms with Crippen LogP contribution in [0.15, 0.2) is 4.21 Å². The Morgan fingerprint density at radius 1 is 1.12 bits per heavy atom. The Kier molecular flexibility index (Phi) is 1.88. The van der Waals surface area contributed by atoms with Crippen LogP contribution < -0.4 is 4.89 Å². The molecule has 82 valence electrons. The molecule has 0 saturated heterocycles. The summed E-state index contributed by atoms with van der Waals surface area (Å²) < 4.78 is 2.63. The van der Waals surface area contributed by atoms with Crippen molar-refractivity contribution in [3.05, 3.63) is 22.5 Å². The molecule has 2 aliphatic rings. The standard InChI is InChI=1S/C11H10N2OS2/c14-13-16-11-6-2-4-8-9(6)10(15-11)5-1-3-7(5)12-8/h13-14H,1-4H2. The first-order valence-electron chi connectivity index (χ1n) is 5.40. The molecule has 5 heteroatoms. The highest BCUT2D eigenvalue weighted by atomic mass is 32.2. The van der Waals surface area contributed by atoms with Crippen molar-refractivity contribution in [3.8, 4) is 0 Å². The molecule has 0 aliphatic heterocycles. The lowest BCUT2D eigenvalue weighted by Crippen LogP contribution is -2.12. The Morgan fingerprint density at radius 3 is 2.69 bits per heavy atom. The SMILES string of the molecule is ONSc1sc2c3c(nc4c2c1CC4)CC3. The highest BCUT2D eigenvalue weighted by Gasteiger charge is 2.29. The maximum atomic E-state index is 8.82. The molecule has 0 amide bonds. The van der Waals surface area contributed by atoms with Crippen LogP contribution >= 0.6 is 23.3 Å². The molecule has 2 aromatic heterocycles. The normalized spacial score (nSPS) is 16.6. The number of aromatic nitrogens is 1. The molecule has 0 atom stereocenters. The van der Waals surface area contributed by atoms with Gasteiger partial charge < -0.3 is 5.21 Å². The third-order valence-corrected chi connectivity index (χ3v) is 5.62. The number of aryl methyl sites for hydroxylation is 4. The summed E-state index contributed by atoms with van der Waals surface area (Å²) in [5.41, 5.74) is 5.44. The van der Waals surface area contributed by atoms with Gasteiger partial charge in [0.15, 0.2) is 0 Å². The zero-order chi connectivity index (χ0) is 10.7. The van der Waals surface area contributed by atoms with Gasteiger partial charge >= 0.3 is 0 Å². The van der Waals surface area contributed by atoms with E-state index >= 15 is 0 Å². The number of hydrogen-bond donors (Lipinski definition) is 2. The van der Waals surface area contributed by atoms with Gasteiger partial charge in [-0.3, -0.25) is 4.98 Å². The summed E-state index contributed by atoms with van der Waals surface area (Å²) in [5, 5.41) is 10.2. The molecule has 4 rings (SSSR count). The maximum absolute atomic E-state index is 8.82. The van der Waals surface area contributed by atoms with E-state index in [0.717, 1.165) is 19.3 Å². The van der Waals surface area contributed by atoms with E-state index in [-0.39, 0.29) is 0 Å². The van der Waals surface area contributed by atoms with Crippen molar-refractivity contribution in [2.45, 2.75) is 29.9 Å². The number of nitrogens with zero attached hydrogens (tertiary/aromatic N) is 1. The van der Waals surface area contributed by atoms with Gasteiger partial charge in [0.1, 0.15) is 0 Å². The fourth-order valence-electron chi connectivity index (χ4n) is 2.69. The van der Waals surface area contributed by atoms with Crippen LogP contribution in [0.5, 0.6) is 0 Å². The first-order chi connectivity index (χ1) is 7.88. The van der Waals surface area contributed by atoms with Gasteiger partial charge in [-0.05, 0) is 48.8 Å². The minimum atomic E-state index is 1.07. The van der Waals surface area contributed by atoms with Gasteiger partial charge in [-0.2, -0.15) is 0 Å². The molecule has 0 radical (unpaired) electrons. The van der Waals surface area contributed by atoms with Gasteiger partial charge in [-0.1, -0.05) is 0 Å². The predicted molar refractivity (Wildman–Crippen MR) is 65.2 cm³/mol. The lowest BCUT2D eigenvalue weighted by Gasteiger charge is -2.18. The molecule has 2 heterocycles. The molecule has 0 saturated carbocycles. The average Bonchev–Trinajstić information content (AvgIpc) is 2.77. The summed E-state index contributed by atoms with van der Waals surface area (Å²) in [6.45, 7) is 0. The maximum Gasteiger partial charge on any atom is 0.0817 e. The van der Waals surface area contributed by atoms with E-state index < -0.39 is 0 Å². The van der Waals surface area contributed by atoms with Gasteiger partial charge in [-0.15, -0.1) is 16.2 Å². The molecular weight excluding hydrogens is 240 g/mol. The highest BCUT2D eigenvalue weighted by molar-refractivity contribution is 7.99. The van der Waals surface area contributed by atoms with Gasteiger partial charge in [0.2, 0.25) is 0 Å². The lowest BCUT2D eigenvalue weighted by molar-refractivity contribution is 0.258. The van der Waals surface area contributed by atoms with Crippen molar-refractivity contribution in [3.63, 3.8) is 0 Å². The van der Waals surface area contributed by atoms with Crippen molar-refractivity contribution in [2.75, 3.05) is 0 Å². The molecule has 2 aliphatic carbocycles. The van der Waals surface area contributed by atoms with E-state index in [1.54, 1.807) is 11.3 Å². The van der Waals surface area contributed by atoms with E-state index in [9.17, 15) is 0 Å². The van der Waals surface area contributed by atoms with E-state index in [1.165, 1.54) is 55.2 Å². The third-order valence-electron chi connectivity index (χ3n) is 3.51. The topological polar surface area (TPSA) is 45.1 Å². The van der Waals surface area contributed by atoms with Crippen LogP contribution in [0.25, 0.3) is 10.1 Å². The minimum Gasteiger partial charge on any atom is -0.306 e. The molecule has 0 fully saturated rings. The molecule has 0 bridgehead atoms. The van der Waals surface area contributed by atoms with Crippen LogP contribution in [0.3, 0.4) is 0 Å².